The van der Waals surface area contributed by atoms with Crippen LogP contribution in [0.4, 0.5) is 0 Å². The molecule has 0 amide bonds. The van der Waals surface area contributed by atoms with Gasteiger partial charge in [-0.15, -0.1) is 0 Å². The van der Waals surface area contributed by atoms with Crippen LogP contribution in [0.25, 0.3) is 0 Å². The molecule has 1 N–H and O–H groups in total. The van der Waals surface area contributed by atoms with E-state index in [0.717, 1.165) is 6.42 Å². The molecule has 1 unspecified atom stereocenters. The fraction of sp³-hybridized carbons (Fsp3) is 1.00. The molecule has 1 fully saturated rings. The zero-order valence-corrected chi connectivity index (χ0v) is 11.5. The van der Waals surface area contributed by atoms with Crippen molar-refractivity contribution in [2.24, 2.45) is 0 Å². The van der Waals surface area contributed by atoms with Crippen molar-refractivity contribution in [3.63, 3.8) is 0 Å². The van der Waals surface area contributed by atoms with Gasteiger partial charge in [-0.05, 0) is 26.2 Å². The quantitative estimate of drug-likeness (QED) is 0.633. The summed E-state index contributed by atoms with van der Waals surface area (Å²) in [6.07, 6.45) is 11.7. The van der Waals surface area contributed by atoms with Gasteiger partial charge in [0.05, 0.1) is 0 Å². The van der Waals surface area contributed by atoms with Gasteiger partial charge >= 0.3 is 0 Å². The molecule has 0 spiro atoms. The summed E-state index contributed by atoms with van der Waals surface area (Å²) in [5.74, 6) is 1.20. The van der Waals surface area contributed by atoms with Gasteiger partial charge < -0.3 is 5.11 Å². The van der Waals surface area contributed by atoms with Crippen molar-refractivity contribution in [3.05, 3.63) is 0 Å². The molecule has 1 saturated heterocycles. The standard InChI is InChI=1S/C12H24OS2/c1-12(13)10-8-6-4-2-3-5-7-9-11-14-15-12/h13H,2-11H2,1H3. The molecule has 1 nitrogen and oxygen atoms in total. The van der Waals surface area contributed by atoms with Crippen molar-refractivity contribution >= 4 is 21.6 Å². The molecule has 1 aliphatic rings. The predicted octanol–water partition coefficient (Wildman–Crippen LogP) is 4.60. The Labute approximate surface area is 102 Å². The molecule has 15 heavy (non-hydrogen) atoms. The fourth-order valence-corrected chi connectivity index (χ4v) is 4.39. The summed E-state index contributed by atoms with van der Waals surface area (Å²) in [4.78, 5) is -0.501. The summed E-state index contributed by atoms with van der Waals surface area (Å²) >= 11 is 0. The summed E-state index contributed by atoms with van der Waals surface area (Å²) < 4.78 is 0. The lowest BCUT2D eigenvalue weighted by Gasteiger charge is -2.21. The van der Waals surface area contributed by atoms with Gasteiger partial charge in [-0.2, -0.15) is 0 Å². The van der Waals surface area contributed by atoms with E-state index < -0.39 is 4.93 Å². The SMILES string of the molecule is CC1(O)CCCCCCCCCCSS1. The molecule has 0 aromatic heterocycles. The summed E-state index contributed by atoms with van der Waals surface area (Å²) in [6, 6.07) is 0. The van der Waals surface area contributed by atoms with E-state index in [9.17, 15) is 5.11 Å². The maximum atomic E-state index is 10.1. The van der Waals surface area contributed by atoms with E-state index in [-0.39, 0.29) is 0 Å². The van der Waals surface area contributed by atoms with Crippen LogP contribution in [-0.4, -0.2) is 15.8 Å². The molecule has 1 atom stereocenters. The van der Waals surface area contributed by atoms with Crippen LogP contribution >= 0.6 is 21.6 Å². The van der Waals surface area contributed by atoms with E-state index in [1.807, 2.05) is 17.7 Å². The zero-order chi connectivity index (χ0) is 11.0. The first-order valence-electron chi connectivity index (χ1n) is 6.24. The van der Waals surface area contributed by atoms with Gasteiger partial charge in [0.15, 0.2) is 0 Å². The van der Waals surface area contributed by atoms with Crippen molar-refractivity contribution in [1.29, 1.82) is 0 Å². The van der Waals surface area contributed by atoms with Crippen LogP contribution in [0.3, 0.4) is 0 Å². The largest absolute Gasteiger partial charge is 0.379 e. The molecule has 1 heterocycles. The van der Waals surface area contributed by atoms with E-state index >= 15 is 0 Å². The number of rotatable bonds is 0. The van der Waals surface area contributed by atoms with Crippen LogP contribution in [0.15, 0.2) is 0 Å². The van der Waals surface area contributed by atoms with Crippen LogP contribution in [0, 0.1) is 0 Å². The minimum Gasteiger partial charge on any atom is -0.379 e. The molecule has 0 aromatic rings. The average molecular weight is 248 g/mol. The molecule has 1 aliphatic heterocycles. The topological polar surface area (TPSA) is 20.2 Å². The smallest absolute Gasteiger partial charge is 0.117 e. The highest BCUT2D eigenvalue weighted by atomic mass is 33.1. The minimum absolute atomic E-state index is 0.501. The molecular weight excluding hydrogens is 224 g/mol. The summed E-state index contributed by atoms with van der Waals surface area (Å²) in [7, 11) is 3.52. The second-order valence-corrected chi connectivity index (χ2v) is 7.56. The highest BCUT2D eigenvalue weighted by molar-refractivity contribution is 8.77. The second-order valence-electron chi connectivity index (χ2n) is 4.66. The third-order valence-electron chi connectivity index (χ3n) is 2.86. The minimum atomic E-state index is -0.501. The van der Waals surface area contributed by atoms with E-state index in [1.54, 1.807) is 10.8 Å². The average Bonchev–Trinajstić information content (AvgIpc) is 2.20. The molecule has 0 radical (unpaired) electrons. The first-order valence-corrected chi connectivity index (χ1v) is 8.56. The molecule has 0 aliphatic carbocycles. The second kappa shape index (κ2) is 7.86. The van der Waals surface area contributed by atoms with Gasteiger partial charge in [0, 0.05) is 5.75 Å². The Bertz CT molecular complexity index is 144. The molecular formula is C12H24OS2. The monoisotopic (exact) mass is 248 g/mol. The first kappa shape index (κ1) is 13.7. The van der Waals surface area contributed by atoms with Gasteiger partial charge in [-0.3, -0.25) is 0 Å². The molecule has 0 bridgehead atoms. The summed E-state index contributed by atoms with van der Waals surface area (Å²) in [5, 5.41) is 10.1. The van der Waals surface area contributed by atoms with Gasteiger partial charge in [0.1, 0.15) is 4.93 Å². The van der Waals surface area contributed by atoms with Crippen LogP contribution in [0.1, 0.15) is 64.7 Å². The number of hydrogen-bond acceptors (Lipinski definition) is 3. The van der Waals surface area contributed by atoms with Gasteiger partial charge in [-0.1, -0.05) is 60.1 Å². The Morgan fingerprint density at radius 1 is 0.867 bits per heavy atom. The maximum Gasteiger partial charge on any atom is 0.117 e. The van der Waals surface area contributed by atoms with Gasteiger partial charge in [0.25, 0.3) is 0 Å². The van der Waals surface area contributed by atoms with Crippen molar-refractivity contribution < 1.29 is 5.11 Å². The van der Waals surface area contributed by atoms with Crippen molar-refractivity contribution in [2.75, 3.05) is 5.75 Å². The third kappa shape index (κ3) is 7.53. The van der Waals surface area contributed by atoms with E-state index in [1.165, 1.54) is 57.1 Å². The van der Waals surface area contributed by atoms with Crippen LogP contribution in [-0.2, 0) is 0 Å². The Kier molecular flexibility index (Phi) is 7.19. The molecule has 1 rings (SSSR count). The van der Waals surface area contributed by atoms with Gasteiger partial charge in [0.2, 0.25) is 0 Å². The zero-order valence-electron chi connectivity index (χ0n) is 9.83. The molecule has 90 valence electrons. The third-order valence-corrected chi connectivity index (χ3v) is 5.92. The lowest BCUT2D eigenvalue weighted by atomic mass is 10.1. The highest BCUT2D eigenvalue weighted by Gasteiger charge is 2.20. The Morgan fingerprint density at radius 3 is 2.07 bits per heavy atom. The normalized spacial score (nSPS) is 32.4. The lowest BCUT2D eigenvalue weighted by Crippen LogP contribution is -2.17. The maximum absolute atomic E-state index is 10.1. The molecule has 0 saturated carbocycles. The number of hydrogen-bond donors (Lipinski definition) is 1. The van der Waals surface area contributed by atoms with Crippen molar-refractivity contribution in [1.82, 2.24) is 0 Å². The number of aliphatic hydroxyl groups is 1. The predicted molar refractivity (Wildman–Crippen MR) is 72.2 cm³/mol. The van der Waals surface area contributed by atoms with Crippen LogP contribution in [0.2, 0.25) is 0 Å². The van der Waals surface area contributed by atoms with Crippen LogP contribution < -0.4 is 0 Å². The first-order chi connectivity index (χ1) is 7.21. The Hall–Kier alpha value is 0.660. The highest BCUT2D eigenvalue weighted by Crippen LogP contribution is 2.38. The van der Waals surface area contributed by atoms with E-state index in [4.69, 9.17) is 0 Å². The lowest BCUT2D eigenvalue weighted by molar-refractivity contribution is 0.145. The molecule has 0 aromatic carbocycles. The van der Waals surface area contributed by atoms with E-state index in [2.05, 4.69) is 0 Å². The fourth-order valence-electron chi connectivity index (χ4n) is 1.88. The van der Waals surface area contributed by atoms with Crippen LogP contribution in [0.5, 0.6) is 0 Å². The van der Waals surface area contributed by atoms with Crippen molar-refractivity contribution in [2.45, 2.75) is 69.6 Å². The van der Waals surface area contributed by atoms with Gasteiger partial charge in [-0.25, -0.2) is 0 Å². The Balaban J connectivity index is 2.24. The summed E-state index contributed by atoms with van der Waals surface area (Å²) in [5.41, 5.74) is 0. The Morgan fingerprint density at radius 2 is 1.40 bits per heavy atom. The van der Waals surface area contributed by atoms with Crippen molar-refractivity contribution in [3.8, 4) is 0 Å². The summed E-state index contributed by atoms with van der Waals surface area (Å²) in [6.45, 7) is 1.96. The van der Waals surface area contributed by atoms with E-state index in [0.29, 0.717) is 0 Å². The molecule has 3 heteroatoms.